The predicted molar refractivity (Wildman–Crippen MR) is 109 cm³/mol. The van der Waals surface area contributed by atoms with Crippen LogP contribution >= 0.6 is 0 Å². The maximum Gasteiger partial charge on any atom is 0.121 e. The highest BCUT2D eigenvalue weighted by molar-refractivity contribution is 5.80. The number of piperidine rings is 1. The third kappa shape index (κ3) is 4.90. The molecule has 1 aliphatic heterocycles. The van der Waals surface area contributed by atoms with Gasteiger partial charge >= 0.3 is 0 Å². The van der Waals surface area contributed by atoms with Gasteiger partial charge in [-0.05, 0) is 60.9 Å². The molecule has 0 bridgehead atoms. The Balaban J connectivity index is 1.25. The maximum absolute atomic E-state index is 10.4. The summed E-state index contributed by atoms with van der Waals surface area (Å²) in [5.41, 5.74) is 2.47. The Labute approximate surface area is 160 Å². The van der Waals surface area contributed by atoms with E-state index in [1.807, 2.05) is 30.5 Å². The summed E-state index contributed by atoms with van der Waals surface area (Å²) in [5, 5.41) is 11.6. The Bertz CT molecular complexity index is 846. The monoisotopic (exact) mass is 364 g/mol. The molecule has 0 saturated carbocycles. The lowest BCUT2D eigenvalue weighted by Gasteiger charge is -2.34. The van der Waals surface area contributed by atoms with Crippen molar-refractivity contribution in [1.29, 1.82) is 0 Å². The summed E-state index contributed by atoms with van der Waals surface area (Å²) in [7, 11) is 0. The van der Waals surface area contributed by atoms with Crippen molar-refractivity contribution in [3.63, 3.8) is 0 Å². The van der Waals surface area contributed by atoms with E-state index < -0.39 is 6.10 Å². The van der Waals surface area contributed by atoms with E-state index in [4.69, 9.17) is 4.74 Å². The van der Waals surface area contributed by atoms with Gasteiger partial charge in [0, 0.05) is 30.9 Å². The Morgan fingerprint density at radius 2 is 2.04 bits per heavy atom. The number of nitrogens with zero attached hydrogens (tertiary/aromatic N) is 1. The number of benzene rings is 2. The number of aromatic nitrogens is 1. The average molecular weight is 364 g/mol. The normalized spacial score (nSPS) is 19.2. The van der Waals surface area contributed by atoms with E-state index >= 15 is 0 Å². The third-order valence-electron chi connectivity index (χ3n) is 5.41. The van der Waals surface area contributed by atoms with Crippen molar-refractivity contribution >= 4 is 10.9 Å². The lowest BCUT2D eigenvalue weighted by atomic mass is 9.91. The van der Waals surface area contributed by atoms with Crippen LogP contribution in [0.15, 0.2) is 60.8 Å². The summed E-state index contributed by atoms with van der Waals surface area (Å²) in [6.07, 6.45) is 5.05. The summed E-state index contributed by atoms with van der Waals surface area (Å²) in [6, 6.07) is 18.7. The second kappa shape index (κ2) is 8.59. The first-order chi connectivity index (χ1) is 13.3. The highest BCUT2D eigenvalue weighted by Crippen LogP contribution is 2.22. The number of H-pyrrole nitrogens is 1. The molecule has 4 heteroatoms. The van der Waals surface area contributed by atoms with Gasteiger partial charge in [-0.3, -0.25) is 0 Å². The van der Waals surface area contributed by atoms with Gasteiger partial charge in [-0.2, -0.15) is 0 Å². The number of aliphatic hydroxyl groups is 1. The van der Waals surface area contributed by atoms with Gasteiger partial charge in [-0.15, -0.1) is 0 Å². The van der Waals surface area contributed by atoms with E-state index in [2.05, 4.69) is 40.2 Å². The molecule has 1 aromatic heterocycles. The number of β-amino-alcohol motifs (C(OH)–C–C–N with tert-alkyl or cyclic N) is 1. The zero-order valence-electron chi connectivity index (χ0n) is 15.7. The molecule has 1 fully saturated rings. The number of aromatic amines is 1. The Morgan fingerprint density at radius 1 is 1.15 bits per heavy atom. The van der Waals surface area contributed by atoms with E-state index in [9.17, 15) is 5.11 Å². The maximum atomic E-state index is 10.4. The van der Waals surface area contributed by atoms with Crippen molar-refractivity contribution in [3.8, 4) is 5.75 Å². The van der Waals surface area contributed by atoms with Gasteiger partial charge in [-0.1, -0.05) is 30.3 Å². The molecule has 2 N–H and O–H groups in total. The van der Waals surface area contributed by atoms with Gasteiger partial charge < -0.3 is 19.7 Å². The van der Waals surface area contributed by atoms with Crippen molar-refractivity contribution in [1.82, 2.24) is 9.88 Å². The highest BCUT2D eigenvalue weighted by Gasteiger charge is 2.22. The number of nitrogens with one attached hydrogen (secondary N) is 1. The van der Waals surface area contributed by atoms with Crippen molar-refractivity contribution < 1.29 is 9.84 Å². The number of ether oxygens (including phenoxy) is 1. The fraction of sp³-hybridized carbons (Fsp3) is 0.391. The van der Waals surface area contributed by atoms with Crippen LogP contribution in [0.25, 0.3) is 10.9 Å². The Kier molecular flexibility index (Phi) is 5.75. The van der Waals surface area contributed by atoms with Gasteiger partial charge in [0.15, 0.2) is 0 Å². The second-order valence-corrected chi connectivity index (χ2v) is 7.65. The molecule has 0 radical (unpaired) electrons. The molecule has 1 aliphatic rings. The van der Waals surface area contributed by atoms with Crippen molar-refractivity contribution in [2.75, 3.05) is 26.2 Å². The first-order valence-corrected chi connectivity index (χ1v) is 9.90. The fourth-order valence-corrected chi connectivity index (χ4v) is 4.09. The molecule has 2 unspecified atom stereocenters. The summed E-state index contributed by atoms with van der Waals surface area (Å²) in [5.74, 6) is 1.47. The van der Waals surface area contributed by atoms with Crippen LogP contribution in [0.1, 0.15) is 18.4 Å². The number of fused-ring (bicyclic) bond motifs is 1. The van der Waals surface area contributed by atoms with Crippen molar-refractivity contribution in [2.45, 2.75) is 25.4 Å². The molecule has 4 rings (SSSR count). The molecule has 2 atom stereocenters. The molecule has 27 heavy (non-hydrogen) atoms. The quantitative estimate of drug-likeness (QED) is 0.669. The molecule has 2 heterocycles. The lowest BCUT2D eigenvalue weighted by Crippen LogP contribution is -2.42. The van der Waals surface area contributed by atoms with Crippen LogP contribution in [0.2, 0.25) is 0 Å². The Morgan fingerprint density at radius 3 is 2.93 bits per heavy atom. The minimum Gasteiger partial charge on any atom is -0.491 e. The lowest BCUT2D eigenvalue weighted by molar-refractivity contribution is 0.0519. The summed E-state index contributed by atoms with van der Waals surface area (Å²) >= 11 is 0. The smallest absolute Gasteiger partial charge is 0.121 e. The number of hydrogen-bond acceptors (Lipinski definition) is 3. The second-order valence-electron chi connectivity index (χ2n) is 7.65. The minimum atomic E-state index is -0.472. The number of hydrogen-bond donors (Lipinski definition) is 2. The predicted octanol–water partition coefficient (Wildman–Crippen LogP) is 3.86. The Hall–Kier alpha value is -2.30. The first kappa shape index (κ1) is 18.1. The largest absolute Gasteiger partial charge is 0.491 e. The van der Waals surface area contributed by atoms with Gasteiger partial charge in [0.1, 0.15) is 18.5 Å². The van der Waals surface area contributed by atoms with Crippen LogP contribution < -0.4 is 4.74 Å². The molecule has 142 valence electrons. The van der Waals surface area contributed by atoms with Crippen LogP contribution in [-0.2, 0) is 6.42 Å². The van der Waals surface area contributed by atoms with E-state index in [-0.39, 0.29) is 0 Å². The molecule has 2 aromatic carbocycles. The minimum absolute atomic E-state index is 0.325. The highest BCUT2D eigenvalue weighted by atomic mass is 16.5. The number of rotatable bonds is 7. The molecule has 0 amide bonds. The van der Waals surface area contributed by atoms with Crippen LogP contribution in [0, 0.1) is 5.92 Å². The van der Waals surface area contributed by atoms with Crippen LogP contribution in [0.3, 0.4) is 0 Å². The zero-order chi connectivity index (χ0) is 18.5. The van der Waals surface area contributed by atoms with E-state index in [1.54, 1.807) is 0 Å². The average Bonchev–Trinajstić information content (AvgIpc) is 3.15. The van der Waals surface area contributed by atoms with Crippen LogP contribution in [-0.4, -0.2) is 47.3 Å². The number of likely N-dealkylation sites (tertiary alicyclic amines) is 1. The topological polar surface area (TPSA) is 48.5 Å². The molecule has 0 aliphatic carbocycles. The summed E-state index contributed by atoms with van der Waals surface area (Å²) in [4.78, 5) is 5.58. The zero-order valence-corrected chi connectivity index (χ0v) is 15.7. The van der Waals surface area contributed by atoms with Crippen LogP contribution in [0.4, 0.5) is 0 Å². The van der Waals surface area contributed by atoms with Gasteiger partial charge in [0.25, 0.3) is 0 Å². The van der Waals surface area contributed by atoms with Crippen LogP contribution in [0.5, 0.6) is 5.75 Å². The van der Waals surface area contributed by atoms with E-state index in [0.29, 0.717) is 19.1 Å². The number of aliphatic hydroxyl groups excluding tert-OH is 1. The molecular formula is C23H28N2O2. The van der Waals surface area contributed by atoms with Gasteiger partial charge in [0.05, 0.1) is 0 Å². The summed E-state index contributed by atoms with van der Waals surface area (Å²) in [6.45, 7) is 3.12. The van der Waals surface area contributed by atoms with E-state index in [1.165, 1.54) is 23.8 Å². The molecule has 3 aromatic rings. The fourth-order valence-electron chi connectivity index (χ4n) is 4.09. The van der Waals surface area contributed by atoms with Crippen molar-refractivity contribution in [3.05, 3.63) is 66.4 Å². The molecular weight excluding hydrogens is 336 g/mol. The molecule has 4 nitrogen and oxygen atoms in total. The van der Waals surface area contributed by atoms with E-state index in [0.717, 1.165) is 30.8 Å². The van der Waals surface area contributed by atoms with Gasteiger partial charge in [0.2, 0.25) is 0 Å². The first-order valence-electron chi connectivity index (χ1n) is 9.90. The molecule has 0 spiro atoms. The van der Waals surface area contributed by atoms with Gasteiger partial charge in [-0.25, -0.2) is 0 Å². The SMILES string of the molecule is OC(COc1ccc2cc[nH]c2c1)CN1CCCC(Cc2ccccc2)C1. The standard InChI is InChI=1S/C23H28N2O2/c26-21(17-27-22-9-8-20-10-11-24-23(20)14-22)16-25-12-4-7-19(15-25)13-18-5-2-1-3-6-18/h1-3,5-6,8-11,14,19,21,24,26H,4,7,12-13,15-17H2. The van der Waals surface area contributed by atoms with Crippen molar-refractivity contribution in [2.24, 2.45) is 5.92 Å². The molecule has 1 saturated heterocycles. The summed E-state index contributed by atoms with van der Waals surface area (Å²) < 4.78 is 5.81. The third-order valence-corrected chi connectivity index (χ3v) is 5.41.